The zero-order chi connectivity index (χ0) is 12.8. The van der Waals surface area contributed by atoms with Crippen LogP contribution in [0.3, 0.4) is 0 Å². The van der Waals surface area contributed by atoms with Gasteiger partial charge < -0.3 is 16.1 Å². The van der Waals surface area contributed by atoms with Crippen molar-refractivity contribution >= 4 is 17.8 Å². The molecule has 0 amide bonds. The number of pyridine rings is 1. The van der Waals surface area contributed by atoms with Crippen molar-refractivity contribution in [1.29, 1.82) is 5.41 Å². The Morgan fingerprint density at radius 3 is 2.82 bits per heavy atom. The van der Waals surface area contributed by atoms with Gasteiger partial charge >= 0.3 is 0 Å². The molecule has 0 saturated carbocycles. The average Bonchev–Trinajstić information content (AvgIpc) is 2.28. The predicted molar refractivity (Wildman–Crippen MR) is 67.8 cm³/mol. The van der Waals surface area contributed by atoms with E-state index in [9.17, 15) is 9.59 Å². The molecule has 0 bridgehead atoms. The summed E-state index contributed by atoms with van der Waals surface area (Å²) in [4.78, 5) is 26.1. The minimum atomic E-state index is -0.321. The maximum Gasteiger partial charge on any atom is 0.194 e. The van der Waals surface area contributed by atoms with Crippen molar-refractivity contribution in [3.05, 3.63) is 27.5 Å². The Balaban J connectivity index is 2.97. The summed E-state index contributed by atoms with van der Waals surface area (Å²) in [6.45, 7) is 1.69. The van der Waals surface area contributed by atoms with Crippen LogP contribution in [0.1, 0.15) is 42.2 Å². The molecule has 1 aromatic heterocycles. The average molecular weight is 235 g/mol. The molecule has 0 radical (unpaired) electrons. The normalized spacial score (nSPS) is 10.2. The summed E-state index contributed by atoms with van der Waals surface area (Å²) in [6.07, 6.45) is 3.68. The third-order valence-corrected chi connectivity index (χ3v) is 2.51. The Hall–Kier alpha value is -1.91. The Morgan fingerprint density at radius 2 is 2.29 bits per heavy atom. The number of H-pyrrole nitrogens is 1. The molecule has 0 aromatic carbocycles. The van der Waals surface area contributed by atoms with E-state index in [1.165, 1.54) is 12.3 Å². The van der Waals surface area contributed by atoms with Gasteiger partial charge in [-0.15, -0.1) is 0 Å². The highest BCUT2D eigenvalue weighted by atomic mass is 16.1. The highest BCUT2D eigenvalue weighted by molar-refractivity contribution is 5.99. The highest BCUT2D eigenvalue weighted by Gasteiger charge is 2.13. The molecule has 92 valence electrons. The van der Waals surface area contributed by atoms with Crippen molar-refractivity contribution in [3.8, 4) is 0 Å². The third-order valence-electron chi connectivity index (χ3n) is 2.51. The van der Waals surface area contributed by atoms with Gasteiger partial charge in [0.2, 0.25) is 0 Å². The summed E-state index contributed by atoms with van der Waals surface area (Å²) < 4.78 is 0. The van der Waals surface area contributed by atoms with E-state index in [4.69, 9.17) is 11.1 Å². The molecule has 1 heterocycles. The molecule has 5 heteroatoms. The SMILES string of the molecule is CCC(=O)c1c(N)[nH]c(CCCC=N)cc1=O. The van der Waals surface area contributed by atoms with Gasteiger partial charge in [0, 0.05) is 18.2 Å². The molecule has 5 nitrogen and oxygen atoms in total. The van der Waals surface area contributed by atoms with Gasteiger partial charge in [0.1, 0.15) is 11.4 Å². The number of anilines is 1. The van der Waals surface area contributed by atoms with Gasteiger partial charge in [-0.3, -0.25) is 9.59 Å². The lowest BCUT2D eigenvalue weighted by Crippen LogP contribution is -2.19. The molecule has 0 spiro atoms. The number of rotatable bonds is 6. The van der Waals surface area contributed by atoms with Crippen molar-refractivity contribution in [2.75, 3.05) is 5.73 Å². The molecule has 0 aliphatic heterocycles. The highest BCUT2D eigenvalue weighted by Crippen LogP contribution is 2.09. The largest absolute Gasteiger partial charge is 0.385 e. The molecule has 1 aromatic rings. The molecule has 0 fully saturated rings. The number of nitrogens with two attached hydrogens (primary N) is 1. The van der Waals surface area contributed by atoms with Crippen LogP contribution < -0.4 is 11.2 Å². The standard InChI is InChI=1S/C12H17N3O2/c1-2-9(16)11-10(17)7-8(15-12(11)14)5-3-4-6-13/h6-7,13H,2-5H2,1H3,(H3,14,15,17). The molecule has 0 saturated heterocycles. The molecule has 17 heavy (non-hydrogen) atoms. The summed E-state index contributed by atoms with van der Waals surface area (Å²) in [6, 6.07) is 1.42. The summed E-state index contributed by atoms with van der Waals surface area (Å²) in [7, 11) is 0. The first-order valence-electron chi connectivity index (χ1n) is 5.64. The van der Waals surface area contributed by atoms with Crippen molar-refractivity contribution in [2.24, 2.45) is 0 Å². The second-order valence-corrected chi connectivity index (χ2v) is 3.82. The number of aromatic amines is 1. The molecular weight excluding hydrogens is 218 g/mol. The zero-order valence-corrected chi connectivity index (χ0v) is 9.88. The van der Waals surface area contributed by atoms with Crippen LogP contribution in [0.4, 0.5) is 5.82 Å². The lowest BCUT2D eigenvalue weighted by molar-refractivity contribution is 0.0987. The van der Waals surface area contributed by atoms with Gasteiger partial charge in [0.15, 0.2) is 11.2 Å². The molecule has 0 unspecified atom stereocenters. The topological polar surface area (TPSA) is 99.8 Å². The number of hydrogen-bond acceptors (Lipinski definition) is 4. The Morgan fingerprint density at radius 1 is 1.59 bits per heavy atom. The second-order valence-electron chi connectivity index (χ2n) is 3.82. The molecule has 1 rings (SSSR count). The van der Waals surface area contributed by atoms with Gasteiger partial charge in [-0.1, -0.05) is 6.92 Å². The lowest BCUT2D eigenvalue weighted by Gasteiger charge is -2.06. The van der Waals surface area contributed by atoms with Crippen molar-refractivity contribution < 1.29 is 4.79 Å². The Bertz CT molecular complexity index is 477. The summed E-state index contributed by atoms with van der Waals surface area (Å²) in [5.74, 6) is -0.0935. The molecule has 4 N–H and O–H groups in total. The summed E-state index contributed by atoms with van der Waals surface area (Å²) in [5, 5.41) is 6.90. The second kappa shape index (κ2) is 5.98. The van der Waals surface area contributed by atoms with Crippen LogP contribution in [0.2, 0.25) is 0 Å². The van der Waals surface area contributed by atoms with Gasteiger partial charge in [0.05, 0.1) is 0 Å². The van der Waals surface area contributed by atoms with Crippen molar-refractivity contribution in [3.63, 3.8) is 0 Å². The van der Waals surface area contributed by atoms with E-state index in [-0.39, 0.29) is 29.0 Å². The summed E-state index contributed by atoms with van der Waals surface area (Å²) in [5.41, 5.74) is 6.13. The molecule has 0 aliphatic carbocycles. The lowest BCUT2D eigenvalue weighted by atomic mass is 10.1. The Labute approximate surface area is 99.6 Å². The number of ketones is 1. The van der Waals surface area contributed by atoms with Gasteiger partial charge in [0.25, 0.3) is 0 Å². The number of hydrogen-bond donors (Lipinski definition) is 3. The van der Waals surface area contributed by atoms with Crippen LogP contribution in [0.5, 0.6) is 0 Å². The fourth-order valence-electron chi connectivity index (χ4n) is 1.63. The van der Waals surface area contributed by atoms with Gasteiger partial charge in [-0.25, -0.2) is 0 Å². The van der Waals surface area contributed by atoms with E-state index in [0.717, 1.165) is 6.42 Å². The van der Waals surface area contributed by atoms with E-state index in [1.807, 2.05) is 0 Å². The number of Topliss-reactive ketones (excluding diaryl/α,β-unsaturated/α-hetero) is 1. The van der Waals surface area contributed by atoms with Crippen LogP contribution in [0, 0.1) is 5.41 Å². The van der Waals surface area contributed by atoms with E-state index < -0.39 is 0 Å². The van der Waals surface area contributed by atoms with Crippen LogP contribution in [0.25, 0.3) is 0 Å². The van der Waals surface area contributed by atoms with Gasteiger partial charge in [-0.2, -0.15) is 0 Å². The van der Waals surface area contributed by atoms with E-state index in [2.05, 4.69) is 4.98 Å². The number of nitrogens with one attached hydrogen (secondary N) is 2. The first-order valence-corrected chi connectivity index (χ1v) is 5.64. The smallest absolute Gasteiger partial charge is 0.194 e. The van der Waals surface area contributed by atoms with Gasteiger partial charge in [-0.05, 0) is 25.5 Å². The van der Waals surface area contributed by atoms with Crippen molar-refractivity contribution in [2.45, 2.75) is 32.6 Å². The number of aryl methyl sites for hydroxylation is 1. The maximum atomic E-state index is 11.7. The predicted octanol–water partition coefficient (Wildman–Crippen LogP) is 1.52. The number of carbonyl (C=O) groups excluding carboxylic acids is 1. The minimum absolute atomic E-state index is 0.0586. The summed E-state index contributed by atoms with van der Waals surface area (Å²) >= 11 is 0. The van der Waals surface area contributed by atoms with Crippen LogP contribution in [-0.4, -0.2) is 17.0 Å². The Kier molecular flexibility index (Phi) is 4.63. The fraction of sp³-hybridized carbons (Fsp3) is 0.417. The monoisotopic (exact) mass is 235 g/mol. The van der Waals surface area contributed by atoms with Crippen LogP contribution >= 0.6 is 0 Å². The first-order chi connectivity index (χ1) is 8.10. The molecule has 0 atom stereocenters. The number of aromatic nitrogens is 1. The van der Waals surface area contributed by atoms with Crippen LogP contribution in [0.15, 0.2) is 10.9 Å². The maximum absolute atomic E-state index is 11.7. The van der Waals surface area contributed by atoms with E-state index in [1.54, 1.807) is 6.92 Å². The minimum Gasteiger partial charge on any atom is -0.385 e. The molecule has 0 aliphatic rings. The van der Waals surface area contributed by atoms with Crippen LogP contribution in [-0.2, 0) is 6.42 Å². The van der Waals surface area contributed by atoms with E-state index >= 15 is 0 Å². The van der Waals surface area contributed by atoms with Crippen molar-refractivity contribution in [1.82, 2.24) is 4.98 Å². The zero-order valence-electron chi connectivity index (χ0n) is 9.88. The number of nitrogen functional groups attached to an aromatic ring is 1. The third kappa shape index (κ3) is 3.27. The molecular formula is C12H17N3O2. The quantitative estimate of drug-likeness (QED) is 0.396. The number of unbranched alkanes of at least 4 members (excludes halogenated alkanes) is 1. The van der Waals surface area contributed by atoms with E-state index in [0.29, 0.717) is 18.5 Å². The first kappa shape index (κ1) is 13.2. The fourth-order valence-corrected chi connectivity index (χ4v) is 1.63. The number of carbonyl (C=O) groups is 1.